The van der Waals surface area contributed by atoms with E-state index in [4.69, 9.17) is 18.9 Å². The maximum Gasteiger partial charge on any atom is 0.334 e. The van der Waals surface area contributed by atoms with Gasteiger partial charge in [-0.3, -0.25) is 4.79 Å². The number of ether oxygens (including phenoxy) is 4. The van der Waals surface area contributed by atoms with Gasteiger partial charge in [-0.15, -0.1) is 0 Å². The molecule has 1 aromatic rings. The van der Waals surface area contributed by atoms with Crippen molar-refractivity contribution < 1.29 is 49.0 Å². The molecule has 0 unspecified atom stereocenters. The summed E-state index contributed by atoms with van der Waals surface area (Å²) in [6.45, 7) is 11.8. The van der Waals surface area contributed by atoms with E-state index >= 15 is 0 Å². The summed E-state index contributed by atoms with van der Waals surface area (Å²) in [6, 6.07) is 5.97. The summed E-state index contributed by atoms with van der Waals surface area (Å²) in [6.07, 6.45) is -6.31. The monoisotopic (exact) mass is 542 g/mol. The standard InChI is InChI=1S/C29H34O10/c1-13-4-9-18-14(2)28(35)39-26(18)23-15(3)20(11-19(13)23)36-29-25(34)27(24(33)21(12-30)37-29)38-22(32)10-16-5-7-17(31)8-6-16/h5-8,18-21,23-27,29-31,33-34H,1-4,9-12H2/t18-,19-,20-,21+,23-,24+,25+,26-,27-,29-/m0/s1. The minimum absolute atomic E-state index is 0.0484. The van der Waals surface area contributed by atoms with Crippen LogP contribution in [0, 0.1) is 17.8 Å². The SMILES string of the molecule is C=C1[C@@H]2[C@H]3OC(=O)C(=C)[C@@H]3CCC(=C)[C@@H]2C[C@@H]1O[C@H]1O[C@H](CO)[C@@H](O)[C@H](OC(=O)Cc2ccc(O)cc2)[C@H]1O. The van der Waals surface area contributed by atoms with Gasteiger partial charge < -0.3 is 39.4 Å². The molecule has 10 nitrogen and oxygen atoms in total. The first-order chi connectivity index (χ1) is 18.6. The number of phenolic OH excluding ortho intramolecular Hbond substituents is 1. The van der Waals surface area contributed by atoms with Crippen molar-refractivity contribution in [3.05, 3.63) is 66.3 Å². The van der Waals surface area contributed by atoms with Crippen LogP contribution in [0.1, 0.15) is 24.8 Å². The number of phenols is 1. The predicted molar refractivity (Wildman–Crippen MR) is 136 cm³/mol. The second-order valence-corrected chi connectivity index (χ2v) is 10.8. The summed E-state index contributed by atoms with van der Waals surface area (Å²) in [5.41, 5.74) is 2.69. The Morgan fingerprint density at radius 3 is 2.49 bits per heavy atom. The van der Waals surface area contributed by atoms with E-state index in [0.717, 1.165) is 12.0 Å². The maximum absolute atomic E-state index is 12.6. The van der Waals surface area contributed by atoms with E-state index in [2.05, 4.69) is 19.7 Å². The van der Waals surface area contributed by atoms with Gasteiger partial charge in [-0.2, -0.15) is 0 Å². The number of fused-ring (bicyclic) bond motifs is 3. The number of aromatic hydroxyl groups is 1. The Hall–Kier alpha value is -3.02. The lowest BCUT2D eigenvalue weighted by Gasteiger charge is -2.42. The highest BCUT2D eigenvalue weighted by molar-refractivity contribution is 5.91. The number of carbonyl (C=O) groups excluding carboxylic acids is 2. The molecule has 10 heteroatoms. The van der Waals surface area contributed by atoms with E-state index in [1.54, 1.807) is 12.1 Å². The fourth-order valence-corrected chi connectivity index (χ4v) is 6.27. The van der Waals surface area contributed by atoms with Gasteiger partial charge in [-0.05, 0) is 48.4 Å². The van der Waals surface area contributed by atoms with Crippen LogP contribution >= 0.6 is 0 Å². The van der Waals surface area contributed by atoms with Gasteiger partial charge in [-0.1, -0.05) is 37.4 Å². The fourth-order valence-electron chi connectivity index (χ4n) is 6.27. The smallest absolute Gasteiger partial charge is 0.334 e. The molecule has 0 spiro atoms. The van der Waals surface area contributed by atoms with Crippen LogP contribution in [0.5, 0.6) is 5.75 Å². The first-order valence-corrected chi connectivity index (χ1v) is 13.1. The Labute approximate surface area is 226 Å². The molecule has 0 aromatic heterocycles. The third kappa shape index (κ3) is 5.15. The molecule has 2 saturated carbocycles. The maximum atomic E-state index is 12.6. The zero-order valence-electron chi connectivity index (χ0n) is 21.5. The van der Waals surface area contributed by atoms with Crippen molar-refractivity contribution >= 4 is 11.9 Å². The van der Waals surface area contributed by atoms with E-state index in [9.17, 15) is 30.0 Å². The molecule has 5 rings (SSSR count). The molecule has 210 valence electrons. The van der Waals surface area contributed by atoms with E-state index in [0.29, 0.717) is 29.6 Å². The second kappa shape index (κ2) is 10.9. The van der Waals surface area contributed by atoms with Crippen molar-refractivity contribution in [3.8, 4) is 5.75 Å². The minimum Gasteiger partial charge on any atom is -0.508 e. The average Bonchev–Trinajstić information content (AvgIpc) is 3.33. The van der Waals surface area contributed by atoms with Gasteiger partial charge in [0, 0.05) is 17.4 Å². The number of allylic oxidation sites excluding steroid dienone is 1. The largest absolute Gasteiger partial charge is 0.508 e. The van der Waals surface area contributed by atoms with Gasteiger partial charge in [0.25, 0.3) is 0 Å². The fraction of sp³-hybridized carbons (Fsp3) is 0.517. The molecule has 10 atom stereocenters. The minimum atomic E-state index is -1.56. The van der Waals surface area contributed by atoms with E-state index in [-0.39, 0.29) is 29.9 Å². The molecule has 39 heavy (non-hydrogen) atoms. The van der Waals surface area contributed by atoms with Crippen molar-refractivity contribution in [2.45, 2.75) is 68.6 Å². The Morgan fingerprint density at radius 1 is 1.08 bits per heavy atom. The molecule has 4 N–H and O–H groups in total. The number of esters is 2. The summed E-state index contributed by atoms with van der Waals surface area (Å²) in [5.74, 6) is -1.52. The number of carbonyl (C=O) groups is 2. The van der Waals surface area contributed by atoms with Crippen molar-refractivity contribution in [2.24, 2.45) is 17.8 Å². The van der Waals surface area contributed by atoms with Gasteiger partial charge in [0.05, 0.1) is 19.1 Å². The third-order valence-corrected chi connectivity index (χ3v) is 8.42. The zero-order valence-corrected chi connectivity index (χ0v) is 21.5. The Bertz CT molecular complexity index is 1160. The highest BCUT2D eigenvalue weighted by Gasteiger charge is 2.55. The van der Waals surface area contributed by atoms with Crippen LogP contribution in [0.3, 0.4) is 0 Å². The topological polar surface area (TPSA) is 152 Å². The lowest BCUT2D eigenvalue weighted by Crippen LogP contribution is -2.61. The zero-order chi connectivity index (χ0) is 28.0. The first-order valence-electron chi connectivity index (χ1n) is 13.1. The molecular formula is C29H34O10. The molecule has 2 aliphatic heterocycles. The number of aliphatic hydroxyl groups is 3. The summed E-state index contributed by atoms with van der Waals surface area (Å²) >= 11 is 0. The number of hydrogen-bond acceptors (Lipinski definition) is 10. The first kappa shape index (κ1) is 27.5. The molecule has 4 fully saturated rings. The van der Waals surface area contributed by atoms with Crippen LogP contribution in [-0.4, -0.2) is 81.9 Å². The second-order valence-electron chi connectivity index (χ2n) is 10.8. The number of benzene rings is 1. The highest BCUT2D eigenvalue weighted by atomic mass is 16.7. The van der Waals surface area contributed by atoms with Crippen molar-refractivity contribution in [1.29, 1.82) is 0 Å². The van der Waals surface area contributed by atoms with Crippen molar-refractivity contribution in [1.82, 2.24) is 0 Å². The molecule has 1 aromatic carbocycles. The normalized spacial score (nSPS) is 38.1. The lowest BCUT2D eigenvalue weighted by atomic mass is 9.82. The summed E-state index contributed by atoms with van der Waals surface area (Å²) < 4.78 is 23.0. The summed E-state index contributed by atoms with van der Waals surface area (Å²) in [7, 11) is 0. The van der Waals surface area contributed by atoms with Gasteiger partial charge >= 0.3 is 11.9 Å². The van der Waals surface area contributed by atoms with Gasteiger partial charge in [0.2, 0.25) is 0 Å². The van der Waals surface area contributed by atoms with Crippen molar-refractivity contribution in [2.75, 3.05) is 6.61 Å². The van der Waals surface area contributed by atoms with Crippen LogP contribution in [0.2, 0.25) is 0 Å². The number of rotatable bonds is 6. The van der Waals surface area contributed by atoms with E-state index < -0.39 is 61.5 Å². The van der Waals surface area contributed by atoms with Gasteiger partial charge in [0.15, 0.2) is 12.4 Å². The molecule has 0 amide bonds. The summed E-state index contributed by atoms with van der Waals surface area (Å²) in [4.78, 5) is 24.9. The lowest BCUT2D eigenvalue weighted by molar-refractivity contribution is -0.310. The molecule has 4 aliphatic rings. The third-order valence-electron chi connectivity index (χ3n) is 8.42. The molecule has 0 bridgehead atoms. The number of hydrogen-bond donors (Lipinski definition) is 4. The Morgan fingerprint density at radius 2 is 1.79 bits per heavy atom. The van der Waals surface area contributed by atoms with Crippen molar-refractivity contribution in [3.63, 3.8) is 0 Å². The summed E-state index contributed by atoms with van der Waals surface area (Å²) in [5, 5.41) is 41.0. The number of aliphatic hydroxyl groups excluding tert-OH is 3. The predicted octanol–water partition coefficient (Wildman–Crippen LogP) is 1.31. The highest BCUT2D eigenvalue weighted by Crippen LogP contribution is 2.53. The van der Waals surface area contributed by atoms with Crippen LogP contribution in [-0.2, 0) is 35.0 Å². The Kier molecular flexibility index (Phi) is 7.67. The van der Waals surface area contributed by atoms with Crippen LogP contribution in [0.25, 0.3) is 0 Å². The molecule has 0 radical (unpaired) electrons. The van der Waals surface area contributed by atoms with Crippen LogP contribution in [0.4, 0.5) is 0 Å². The van der Waals surface area contributed by atoms with Gasteiger partial charge in [-0.25, -0.2) is 4.79 Å². The van der Waals surface area contributed by atoms with E-state index in [1.807, 2.05) is 0 Å². The van der Waals surface area contributed by atoms with Crippen LogP contribution < -0.4 is 0 Å². The van der Waals surface area contributed by atoms with E-state index in [1.165, 1.54) is 12.1 Å². The van der Waals surface area contributed by atoms with Gasteiger partial charge in [0.1, 0.15) is 30.2 Å². The van der Waals surface area contributed by atoms with Crippen LogP contribution in [0.15, 0.2) is 60.7 Å². The quantitative estimate of drug-likeness (QED) is 0.235. The molecule has 2 heterocycles. The molecule has 2 saturated heterocycles. The molecular weight excluding hydrogens is 508 g/mol. The average molecular weight is 543 g/mol. The Balaban J connectivity index is 1.30. The molecule has 2 aliphatic carbocycles.